The van der Waals surface area contributed by atoms with Crippen LogP contribution in [0.5, 0.6) is 5.75 Å². The zero-order valence-electron chi connectivity index (χ0n) is 17.9. The number of allylic oxidation sites excluding steroid dienone is 1. The summed E-state index contributed by atoms with van der Waals surface area (Å²) in [5.41, 5.74) is 5.22. The first-order valence-electron chi connectivity index (χ1n) is 10.1. The van der Waals surface area contributed by atoms with Crippen LogP contribution in [0.2, 0.25) is 0 Å². The molecule has 0 spiro atoms. The second kappa shape index (κ2) is 9.48. The Balaban J connectivity index is 1.76. The maximum Gasteiger partial charge on any atom is 0.338 e. The van der Waals surface area contributed by atoms with Gasteiger partial charge in [0.15, 0.2) is 0 Å². The van der Waals surface area contributed by atoms with Crippen LogP contribution < -0.4 is 15.4 Å². The first-order chi connectivity index (χ1) is 14.4. The molecule has 0 bridgehead atoms. The molecule has 0 saturated heterocycles. The van der Waals surface area contributed by atoms with Gasteiger partial charge in [-0.15, -0.1) is 0 Å². The van der Waals surface area contributed by atoms with E-state index >= 15 is 0 Å². The lowest BCUT2D eigenvalue weighted by molar-refractivity contribution is -0.139. The van der Waals surface area contributed by atoms with Crippen LogP contribution in [0.4, 0.5) is 4.79 Å². The zero-order valence-corrected chi connectivity index (χ0v) is 17.9. The lowest BCUT2D eigenvalue weighted by atomic mass is 9.95. The Labute approximate surface area is 177 Å². The van der Waals surface area contributed by atoms with Crippen molar-refractivity contribution in [2.75, 3.05) is 6.61 Å². The fourth-order valence-electron chi connectivity index (χ4n) is 3.36. The Morgan fingerprint density at radius 3 is 2.50 bits per heavy atom. The smallest absolute Gasteiger partial charge is 0.338 e. The molecule has 2 aromatic carbocycles. The number of rotatable bonds is 7. The van der Waals surface area contributed by atoms with Gasteiger partial charge in [-0.2, -0.15) is 0 Å². The minimum absolute atomic E-state index is 0.335. The molecular weight excluding hydrogens is 380 g/mol. The number of ether oxygens (including phenoxy) is 2. The maximum absolute atomic E-state index is 12.5. The first kappa shape index (κ1) is 21.4. The van der Waals surface area contributed by atoms with Crippen molar-refractivity contribution in [3.05, 3.63) is 76.0 Å². The highest BCUT2D eigenvalue weighted by Gasteiger charge is 2.32. The van der Waals surface area contributed by atoms with Crippen LogP contribution in [0.15, 0.2) is 53.7 Å². The summed E-state index contributed by atoms with van der Waals surface area (Å²) in [6.07, 6.45) is 0.731. The number of hydrogen-bond acceptors (Lipinski definition) is 4. The number of esters is 1. The quantitative estimate of drug-likeness (QED) is 0.663. The molecule has 2 N–H and O–H groups in total. The first-order valence-corrected chi connectivity index (χ1v) is 10.1. The molecule has 30 heavy (non-hydrogen) atoms. The van der Waals surface area contributed by atoms with E-state index in [0.29, 0.717) is 24.5 Å². The van der Waals surface area contributed by atoms with E-state index in [0.717, 1.165) is 23.3 Å². The summed E-state index contributed by atoms with van der Waals surface area (Å²) in [7, 11) is 0. The molecule has 1 heterocycles. The van der Waals surface area contributed by atoms with Crippen LogP contribution in [0, 0.1) is 13.8 Å². The minimum atomic E-state index is -0.573. The number of hydrogen-bond donors (Lipinski definition) is 2. The van der Waals surface area contributed by atoms with E-state index in [1.54, 1.807) is 6.92 Å². The fourth-order valence-corrected chi connectivity index (χ4v) is 3.36. The van der Waals surface area contributed by atoms with Crippen molar-refractivity contribution in [1.29, 1.82) is 0 Å². The van der Waals surface area contributed by atoms with Crippen LogP contribution in [-0.4, -0.2) is 18.6 Å². The maximum atomic E-state index is 12.5. The Bertz CT molecular complexity index is 964. The van der Waals surface area contributed by atoms with Gasteiger partial charge in [0, 0.05) is 5.70 Å². The van der Waals surface area contributed by atoms with E-state index < -0.39 is 12.0 Å². The lowest BCUT2D eigenvalue weighted by Gasteiger charge is -2.28. The molecular formula is C24H28N2O4. The minimum Gasteiger partial charge on any atom is -0.489 e. The molecule has 0 fully saturated rings. The number of urea groups is 1. The molecule has 1 unspecified atom stereocenters. The summed E-state index contributed by atoms with van der Waals surface area (Å²) in [6.45, 7) is 8.57. The summed E-state index contributed by atoms with van der Waals surface area (Å²) < 4.78 is 11.2. The van der Waals surface area contributed by atoms with Gasteiger partial charge in [-0.3, -0.25) is 0 Å². The van der Waals surface area contributed by atoms with Gasteiger partial charge >= 0.3 is 12.0 Å². The van der Waals surface area contributed by atoms with Crippen LogP contribution in [-0.2, 0) is 16.1 Å². The van der Waals surface area contributed by atoms with Gasteiger partial charge in [0.25, 0.3) is 0 Å². The molecule has 2 aromatic rings. The highest BCUT2D eigenvalue weighted by Crippen LogP contribution is 2.29. The van der Waals surface area contributed by atoms with E-state index in [9.17, 15) is 9.59 Å². The average molecular weight is 408 g/mol. The number of nitrogens with one attached hydrogen (secondary N) is 2. The van der Waals surface area contributed by atoms with Gasteiger partial charge in [0.2, 0.25) is 0 Å². The normalized spacial score (nSPS) is 16.0. The van der Waals surface area contributed by atoms with Crippen LogP contribution in [0.3, 0.4) is 0 Å². The molecule has 0 radical (unpaired) electrons. The monoisotopic (exact) mass is 408 g/mol. The van der Waals surface area contributed by atoms with Gasteiger partial charge in [0.1, 0.15) is 12.4 Å². The third-order valence-corrected chi connectivity index (χ3v) is 5.04. The van der Waals surface area contributed by atoms with Gasteiger partial charge in [0.05, 0.1) is 18.2 Å². The molecule has 0 saturated carbocycles. The van der Waals surface area contributed by atoms with E-state index in [1.807, 2.05) is 31.2 Å². The Hall–Kier alpha value is -3.28. The number of amides is 2. The van der Waals surface area contributed by atoms with E-state index in [2.05, 4.69) is 42.7 Å². The highest BCUT2D eigenvalue weighted by molar-refractivity contribution is 5.95. The summed E-state index contributed by atoms with van der Waals surface area (Å²) in [6, 6.07) is 12.8. The molecule has 158 valence electrons. The number of benzene rings is 2. The van der Waals surface area contributed by atoms with Crippen molar-refractivity contribution < 1.29 is 19.1 Å². The molecule has 6 heteroatoms. The predicted molar refractivity (Wildman–Crippen MR) is 115 cm³/mol. The van der Waals surface area contributed by atoms with E-state index in [1.165, 1.54) is 11.1 Å². The van der Waals surface area contributed by atoms with Crippen LogP contribution >= 0.6 is 0 Å². The Morgan fingerprint density at radius 2 is 1.80 bits per heavy atom. The van der Waals surface area contributed by atoms with Gasteiger partial charge in [-0.1, -0.05) is 42.8 Å². The predicted octanol–water partition coefficient (Wildman–Crippen LogP) is 4.46. The number of carbonyl (C=O) groups excluding carboxylic acids is 2. The lowest BCUT2D eigenvalue weighted by Crippen LogP contribution is -2.45. The molecule has 1 atom stereocenters. The molecule has 3 rings (SSSR count). The van der Waals surface area contributed by atoms with Crippen LogP contribution in [0.25, 0.3) is 0 Å². The fraction of sp³-hybridized carbons (Fsp3) is 0.333. The highest BCUT2D eigenvalue weighted by atomic mass is 16.5. The van der Waals surface area contributed by atoms with E-state index in [-0.39, 0.29) is 6.03 Å². The third kappa shape index (κ3) is 5.00. The second-order valence-electron chi connectivity index (χ2n) is 7.49. The molecule has 2 amide bonds. The van der Waals surface area contributed by atoms with Gasteiger partial charge in [-0.25, -0.2) is 9.59 Å². The summed E-state index contributed by atoms with van der Waals surface area (Å²) in [5, 5.41) is 5.46. The van der Waals surface area contributed by atoms with Crippen molar-refractivity contribution in [3.8, 4) is 5.75 Å². The van der Waals surface area contributed by atoms with Gasteiger partial charge in [-0.05, 0) is 56.0 Å². The van der Waals surface area contributed by atoms with Gasteiger partial charge < -0.3 is 20.1 Å². The molecule has 0 aliphatic carbocycles. The zero-order chi connectivity index (χ0) is 21.7. The Kier molecular flexibility index (Phi) is 6.77. The SMILES string of the molecule is CCCOC(=O)C1=C(C)NC(=O)NC1c1ccc(OCc2cc(C)ccc2C)cc1. The van der Waals surface area contributed by atoms with Crippen molar-refractivity contribution in [2.24, 2.45) is 0 Å². The molecule has 6 nitrogen and oxygen atoms in total. The van der Waals surface area contributed by atoms with Crippen molar-refractivity contribution >= 4 is 12.0 Å². The topological polar surface area (TPSA) is 76.7 Å². The largest absolute Gasteiger partial charge is 0.489 e. The molecule has 0 aromatic heterocycles. The average Bonchev–Trinajstić information content (AvgIpc) is 2.72. The summed E-state index contributed by atoms with van der Waals surface area (Å²) >= 11 is 0. The van der Waals surface area contributed by atoms with Crippen molar-refractivity contribution in [1.82, 2.24) is 10.6 Å². The standard InChI is InChI=1S/C24H28N2O4/c1-5-12-29-23(27)21-17(4)25-24(28)26-22(21)18-8-10-20(11-9-18)30-14-19-13-15(2)6-7-16(19)3/h6-11,13,22H,5,12,14H2,1-4H3,(H2,25,26,28). The number of aryl methyl sites for hydroxylation is 2. The third-order valence-electron chi connectivity index (χ3n) is 5.04. The van der Waals surface area contributed by atoms with Crippen molar-refractivity contribution in [2.45, 2.75) is 46.8 Å². The molecule has 1 aliphatic heterocycles. The summed E-state index contributed by atoms with van der Waals surface area (Å²) in [5.74, 6) is 0.290. The van der Waals surface area contributed by atoms with E-state index in [4.69, 9.17) is 9.47 Å². The number of carbonyl (C=O) groups is 2. The second-order valence-corrected chi connectivity index (χ2v) is 7.49. The molecule has 1 aliphatic rings. The Morgan fingerprint density at radius 1 is 1.07 bits per heavy atom. The van der Waals surface area contributed by atoms with Crippen LogP contribution in [0.1, 0.15) is 48.6 Å². The van der Waals surface area contributed by atoms with Crippen molar-refractivity contribution in [3.63, 3.8) is 0 Å². The summed E-state index contributed by atoms with van der Waals surface area (Å²) in [4.78, 5) is 24.5.